The quantitative estimate of drug-likeness (QED) is 0.793. The zero-order valence-corrected chi connectivity index (χ0v) is 9.90. The molecule has 1 heterocycles. The van der Waals surface area contributed by atoms with Crippen molar-refractivity contribution >= 4 is 5.97 Å². The predicted molar refractivity (Wildman–Crippen MR) is 64.4 cm³/mol. The maximum atomic E-state index is 11.3. The highest BCUT2D eigenvalue weighted by Crippen LogP contribution is 2.28. The third-order valence-corrected chi connectivity index (χ3v) is 2.40. The number of carboxylic acids is 1. The predicted octanol–water partition coefficient (Wildman–Crippen LogP) is 2.90. The lowest BCUT2D eigenvalue weighted by molar-refractivity contribution is -0.134. The molecule has 0 amide bonds. The van der Waals surface area contributed by atoms with E-state index in [-0.39, 0.29) is 5.92 Å². The number of nitrogens with zero attached hydrogens (tertiary/aromatic N) is 1. The van der Waals surface area contributed by atoms with Gasteiger partial charge in [0.2, 0.25) is 0 Å². The summed E-state index contributed by atoms with van der Waals surface area (Å²) in [6.07, 6.45) is 7.18. The topological polar surface area (TPSA) is 40.5 Å². The van der Waals surface area contributed by atoms with E-state index in [1.807, 2.05) is 32.9 Å². The van der Waals surface area contributed by atoms with E-state index in [0.717, 1.165) is 5.57 Å². The molecular formula is C13H17NO2. The van der Waals surface area contributed by atoms with E-state index in [1.54, 1.807) is 17.2 Å². The van der Waals surface area contributed by atoms with E-state index in [2.05, 4.69) is 6.58 Å². The van der Waals surface area contributed by atoms with Crippen LogP contribution in [0.2, 0.25) is 0 Å². The van der Waals surface area contributed by atoms with Crippen molar-refractivity contribution in [3.63, 3.8) is 0 Å². The Morgan fingerprint density at radius 2 is 2.12 bits per heavy atom. The SMILES string of the molecule is C=C1C=CC(C(C)C)=C(C(=O)O)N1/C=C\C. The van der Waals surface area contributed by atoms with Crippen molar-refractivity contribution in [1.29, 1.82) is 0 Å². The molecule has 0 aromatic heterocycles. The Labute approximate surface area is 96.1 Å². The first-order chi connectivity index (χ1) is 7.49. The maximum Gasteiger partial charge on any atom is 0.353 e. The molecule has 1 rings (SSSR count). The van der Waals surface area contributed by atoms with E-state index in [9.17, 15) is 9.90 Å². The second-order valence-electron chi connectivity index (χ2n) is 3.94. The van der Waals surface area contributed by atoms with Gasteiger partial charge in [0.15, 0.2) is 0 Å². The fraction of sp³-hybridized carbons (Fsp3) is 0.308. The van der Waals surface area contributed by atoms with E-state index in [4.69, 9.17) is 0 Å². The smallest absolute Gasteiger partial charge is 0.353 e. The number of allylic oxidation sites excluding steroid dienone is 4. The molecule has 86 valence electrons. The molecule has 0 aromatic rings. The fourth-order valence-corrected chi connectivity index (χ4v) is 1.64. The van der Waals surface area contributed by atoms with Crippen molar-refractivity contribution < 1.29 is 9.90 Å². The van der Waals surface area contributed by atoms with Crippen LogP contribution in [0, 0.1) is 5.92 Å². The third kappa shape index (κ3) is 2.24. The van der Waals surface area contributed by atoms with Crippen LogP contribution in [-0.4, -0.2) is 16.0 Å². The molecule has 0 radical (unpaired) electrons. The lowest BCUT2D eigenvalue weighted by Gasteiger charge is -2.28. The zero-order valence-electron chi connectivity index (χ0n) is 9.90. The number of hydrogen-bond donors (Lipinski definition) is 1. The van der Waals surface area contributed by atoms with Gasteiger partial charge in [-0.05, 0) is 24.5 Å². The van der Waals surface area contributed by atoms with Crippen molar-refractivity contribution in [3.05, 3.63) is 48.0 Å². The van der Waals surface area contributed by atoms with Crippen LogP contribution in [0.25, 0.3) is 0 Å². The average Bonchev–Trinajstić information content (AvgIpc) is 2.20. The first-order valence-electron chi connectivity index (χ1n) is 5.25. The maximum absolute atomic E-state index is 11.3. The lowest BCUT2D eigenvalue weighted by Crippen LogP contribution is -2.26. The van der Waals surface area contributed by atoms with Gasteiger partial charge in [-0.3, -0.25) is 0 Å². The van der Waals surface area contributed by atoms with Crippen LogP contribution in [-0.2, 0) is 4.79 Å². The van der Waals surface area contributed by atoms with Crippen LogP contribution in [0.4, 0.5) is 0 Å². The molecule has 16 heavy (non-hydrogen) atoms. The Morgan fingerprint density at radius 3 is 2.56 bits per heavy atom. The van der Waals surface area contributed by atoms with Crippen LogP contribution < -0.4 is 0 Å². The average molecular weight is 219 g/mol. The Morgan fingerprint density at radius 1 is 1.50 bits per heavy atom. The summed E-state index contributed by atoms with van der Waals surface area (Å²) >= 11 is 0. The number of rotatable bonds is 3. The van der Waals surface area contributed by atoms with Crippen LogP contribution in [0.5, 0.6) is 0 Å². The Hall–Kier alpha value is -1.77. The molecule has 0 saturated heterocycles. The second kappa shape index (κ2) is 4.84. The van der Waals surface area contributed by atoms with Crippen LogP contribution in [0.15, 0.2) is 48.0 Å². The molecule has 3 heteroatoms. The van der Waals surface area contributed by atoms with Crippen molar-refractivity contribution in [3.8, 4) is 0 Å². The van der Waals surface area contributed by atoms with Gasteiger partial charge in [0.05, 0.1) is 0 Å². The molecule has 3 nitrogen and oxygen atoms in total. The van der Waals surface area contributed by atoms with E-state index in [0.29, 0.717) is 11.4 Å². The molecule has 0 unspecified atom stereocenters. The van der Waals surface area contributed by atoms with Gasteiger partial charge >= 0.3 is 5.97 Å². The summed E-state index contributed by atoms with van der Waals surface area (Å²) in [6.45, 7) is 9.63. The summed E-state index contributed by atoms with van der Waals surface area (Å²) in [7, 11) is 0. The van der Waals surface area contributed by atoms with Crippen molar-refractivity contribution in [1.82, 2.24) is 4.90 Å². The highest BCUT2D eigenvalue weighted by Gasteiger charge is 2.24. The van der Waals surface area contributed by atoms with Crippen LogP contribution in [0.1, 0.15) is 20.8 Å². The van der Waals surface area contributed by atoms with Crippen molar-refractivity contribution in [2.45, 2.75) is 20.8 Å². The van der Waals surface area contributed by atoms with Gasteiger partial charge in [0, 0.05) is 11.9 Å². The van der Waals surface area contributed by atoms with E-state index in [1.165, 1.54) is 0 Å². The molecule has 0 fully saturated rings. The van der Waals surface area contributed by atoms with Gasteiger partial charge < -0.3 is 10.0 Å². The first-order valence-corrected chi connectivity index (χ1v) is 5.25. The molecule has 0 spiro atoms. The van der Waals surface area contributed by atoms with E-state index >= 15 is 0 Å². The standard InChI is InChI=1S/C13H17NO2/c1-5-8-14-10(4)6-7-11(9(2)3)12(14)13(15)16/h5-9H,4H2,1-3H3,(H,15,16)/b8-5-. The largest absolute Gasteiger partial charge is 0.477 e. The second-order valence-corrected chi connectivity index (χ2v) is 3.94. The Kier molecular flexibility index (Phi) is 3.72. The van der Waals surface area contributed by atoms with Gasteiger partial charge in [-0.15, -0.1) is 0 Å². The van der Waals surface area contributed by atoms with Gasteiger partial charge in [0.25, 0.3) is 0 Å². The van der Waals surface area contributed by atoms with E-state index < -0.39 is 5.97 Å². The molecule has 0 bridgehead atoms. The first kappa shape index (κ1) is 12.3. The summed E-state index contributed by atoms with van der Waals surface area (Å²) in [5.41, 5.74) is 1.78. The van der Waals surface area contributed by atoms with Crippen molar-refractivity contribution in [2.24, 2.45) is 5.92 Å². The molecule has 1 N–H and O–H groups in total. The highest BCUT2D eigenvalue weighted by atomic mass is 16.4. The Balaban J connectivity index is 3.32. The summed E-state index contributed by atoms with van der Waals surface area (Å²) in [5, 5.41) is 9.26. The van der Waals surface area contributed by atoms with Gasteiger partial charge in [0.1, 0.15) is 5.70 Å². The van der Waals surface area contributed by atoms with Crippen LogP contribution in [0.3, 0.4) is 0 Å². The fourth-order valence-electron chi connectivity index (χ4n) is 1.64. The molecule has 0 atom stereocenters. The van der Waals surface area contributed by atoms with Gasteiger partial charge in [-0.1, -0.05) is 32.6 Å². The Bertz CT molecular complexity index is 400. The summed E-state index contributed by atoms with van der Waals surface area (Å²) in [6, 6.07) is 0. The molecular weight excluding hydrogens is 202 g/mol. The molecule has 0 aliphatic carbocycles. The highest BCUT2D eigenvalue weighted by molar-refractivity contribution is 5.89. The number of carbonyl (C=O) groups is 1. The minimum Gasteiger partial charge on any atom is -0.477 e. The zero-order chi connectivity index (χ0) is 12.3. The third-order valence-electron chi connectivity index (χ3n) is 2.40. The molecule has 0 aromatic carbocycles. The van der Waals surface area contributed by atoms with Crippen molar-refractivity contribution in [2.75, 3.05) is 0 Å². The minimum absolute atomic E-state index is 0.170. The van der Waals surface area contributed by atoms with Gasteiger partial charge in [-0.2, -0.15) is 0 Å². The number of hydrogen-bond acceptors (Lipinski definition) is 2. The minimum atomic E-state index is -0.924. The number of aliphatic carboxylic acids is 1. The molecule has 1 aliphatic heterocycles. The summed E-state index contributed by atoms with van der Waals surface area (Å²) < 4.78 is 0. The molecule has 0 saturated carbocycles. The monoisotopic (exact) mass is 219 g/mol. The number of carboxylic acid groups (broad SMARTS) is 1. The summed E-state index contributed by atoms with van der Waals surface area (Å²) in [4.78, 5) is 12.9. The van der Waals surface area contributed by atoms with Crippen LogP contribution >= 0.6 is 0 Å². The normalized spacial score (nSPS) is 16.8. The summed E-state index contributed by atoms with van der Waals surface area (Å²) in [5.74, 6) is -0.754. The molecule has 1 aliphatic rings. The lowest BCUT2D eigenvalue weighted by atomic mass is 9.96. The van der Waals surface area contributed by atoms with Gasteiger partial charge in [-0.25, -0.2) is 4.79 Å².